The van der Waals surface area contributed by atoms with Gasteiger partial charge in [-0.05, 0) is 50.2 Å². The molecule has 0 spiro atoms. The maximum Gasteiger partial charge on any atom is 0.336 e. The minimum atomic E-state index is -0.963. The molecule has 1 atom stereocenters. The number of hydrogen-bond donors (Lipinski definition) is 1. The first kappa shape index (κ1) is 20.3. The molecule has 0 saturated carbocycles. The Morgan fingerprint density at radius 1 is 1.14 bits per heavy atom. The van der Waals surface area contributed by atoms with Gasteiger partial charge in [0.05, 0.1) is 23.8 Å². The molecule has 1 N–H and O–H groups in total. The quantitative estimate of drug-likeness (QED) is 0.458. The van der Waals surface area contributed by atoms with Crippen molar-refractivity contribution in [3.8, 4) is 0 Å². The van der Waals surface area contributed by atoms with Crippen molar-refractivity contribution in [1.29, 1.82) is 0 Å². The fraction of sp³-hybridized carbons (Fsp3) is 0.227. The van der Waals surface area contributed by atoms with Crippen LogP contribution in [-0.2, 0) is 19.1 Å². The minimum absolute atomic E-state index is 0.0907. The highest BCUT2D eigenvalue weighted by molar-refractivity contribution is 6.23. The molecule has 1 saturated heterocycles. The van der Waals surface area contributed by atoms with Gasteiger partial charge in [0.25, 0.3) is 0 Å². The number of esters is 1. The van der Waals surface area contributed by atoms with Crippen molar-refractivity contribution in [2.45, 2.75) is 20.3 Å². The second-order valence-corrected chi connectivity index (χ2v) is 6.55. The highest BCUT2D eigenvalue weighted by Crippen LogP contribution is 2.33. The fourth-order valence-electron chi connectivity index (χ4n) is 3.29. The number of ether oxygens (including phenoxy) is 1. The van der Waals surface area contributed by atoms with Gasteiger partial charge in [0.1, 0.15) is 5.82 Å². The molecule has 0 unspecified atom stereocenters. The number of rotatable bonds is 6. The first-order valence-electron chi connectivity index (χ1n) is 9.24. The molecule has 0 bridgehead atoms. The van der Waals surface area contributed by atoms with E-state index in [0.29, 0.717) is 17.1 Å². The molecule has 0 aromatic heterocycles. The molecule has 150 valence electrons. The van der Waals surface area contributed by atoms with Crippen molar-refractivity contribution < 1.29 is 23.5 Å². The maximum atomic E-state index is 13.2. The predicted molar refractivity (Wildman–Crippen MR) is 106 cm³/mol. The number of amides is 2. The van der Waals surface area contributed by atoms with Gasteiger partial charge in [-0.2, -0.15) is 0 Å². The molecule has 0 aliphatic carbocycles. The molecule has 2 aromatic carbocycles. The van der Waals surface area contributed by atoms with Crippen LogP contribution in [0.5, 0.6) is 0 Å². The van der Waals surface area contributed by atoms with Gasteiger partial charge in [0.2, 0.25) is 11.8 Å². The van der Waals surface area contributed by atoms with E-state index in [4.69, 9.17) is 4.74 Å². The van der Waals surface area contributed by atoms with E-state index >= 15 is 0 Å². The Balaban J connectivity index is 1.96. The van der Waals surface area contributed by atoms with E-state index in [1.165, 1.54) is 24.3 Å². The number of carbonyl (C=O) groups is 3. The Labute approximate surface area is 168 Å². The van der Waals surface area contributed by atoms with Crippen LogP contribution in [0.15, 0.2) is 65.9 Å². The van der Waals surface area contributed by atoms with Gasteiger partial charge in [0.15, 0.2) is 0 Å². The lowest BCUT2D eigenvalue weighted by Gasteiger charge is -2.18. The van der Waals surface area contributed by atoms with Gasteiger partial charge < -0.3 is 10.1 Å². The minimum Gasteiger partial charge on any atom is -0.463 e. The van der Waals surface area contributed by atoms with Crippen molar-refractivity contribution in [1.82, 2.24) is 0 Å². The summed E-state index contributed by atoms with van der Waals surface area (Å²) in [4.78, 5) is 39.4. The summed E-state index contributed by atoms with van der Waals surface area (Å²) in [5.74, 6) is -2.89. The van der Waals surface area contributed by atoms with Gasteiger partial charge in [-0.15, -0.1) is 0 Å². The maximum absolute atomic E-state index is 13.2. The third kappa shape index (κ3) is 4.34. The van der Waals surface area contributed by atoms with Gasteiger partial charge in [-0.1, -0.05) is 18.2 Å². The molecule has 2 aromatic rings. The van der Waals surface area contributed by atoms with Crippen LogP contribution in [0.25, 0.3) is 0 Å². The van der Waals surface area contributed by atoms with Crippen LogP contribution in [0.3, 0.4) is 0 Å². The number of nitrogens with one attached hydrogen (secondary N) is 1. The number of halogens is 1. The number of para-hydroxylation sites is 1. The molecular formula is C22H21FN2O4. The van der Waals surface area contributed by atoms with E-state index in [9.17, 15) is 18.8 Å². The Morgan fingerprint density at radius 3 is 2.41 bits per heavy atom. The molecule has 6 nitrogen and oxygen atoms in total. The molecule has 1 aliphatic heterocycles. The van der Waals surface area contributed by atoms with E-state index in [1.807, 2.05) is 0 Å². The third-order valence-corrected chi connectivity index (χ3v) is 4.58. The van der Waals surface area contributed by atoms with Crippen LogP contribution in [0.1, 0.15) is 20.3 Å². The van der Waals surface area contributed by atoms with Crippen molar-refractivity contribution in [2.24, 2.45) is 5.92 Å². The van der Waals surface area contributed by atoms with Crippen LogP contribution < -0.4 is 10.2 Å². The van der Waals surface area contributed by atoms with E-state index in [-0.39, 0.29) is 24.5 Å². The van der Waals surface area contributed by atoms with Crippen molar-refractivity contribution in [2.75, 3.05) is 16.8 Å². The fourth-order valence-corrected chi connectivity index (χ4v) is 3.29. The highest BCUT2D eigenvalue weighted by Gasteiger charge is 2.44. The SMILES string of the molecule is CCOC(=O)/C(=C(/C)Nc1ccc(F)cc1)[C@@H]1CC(=O)N(c2ccccc2)C1=O. The van der Waals surface area contributed by atoms with E-state index in [2.05, 4.69) is 5.32 Å². The summed E-state index contributed by atoms with van der Waals surface area (Å²) < 4.78 is 18.3. The monoisotopic (exact) mass is 396 g/mol. The zero-order valence-electron chi connectivity index (χ0n) is 16.1. The van der Waals surface area contributed by atoms with Crippen LogP contribution in [0, 0.1) is 11.7 Å². The molecule has 2 amide bonds. The van der Waals surface area contributed by atoms with Gasteiger partial charge in [-0.3, -0.25) is 14.5 Å². The second-order valence-electron chi connectivity index (χ2n) is 6.55. The Kier molecular flexibility index (Phi) is 6.07. The molecule has 1 aliphatic rings. The molecule has 29 heavy (non-hydrogen) atoms. The Hall–Kier alpha value is -3.48. The molecule has 7 heteroatoms. The first-order valence-corrected chi connectivity index (χ1v) is 9.24. The summed E-state index contributed by atoms with van der Waals surface area (Å²) in [7, 11) is 0. The van der Waals surface area contributed by atoms with E-state index in [1.54, 1.807) is 44.2 Å². The molecule has 1 heterocycles. The zero-order valence-corrected chi connectivity index (χ0v) is 16.1. The predicted octanol–water partition coefficient (Wildman–Crippen LogP) is 3.65. The van der Waals surface area contributed by atoms with Crippen molar-refractivity contribution in [3.05, 3.63) is 71.7 Å². The van der Waals surface area contributed by atoms with Crippen molar-refractivity contribution in [3.63, 3.8) is 0 Å². The number of nitrogens with zero attached hydrogens (tertiary/aromatic N) is 1. The number of hydrogen-bond acceptors (Lipinski definition) is 5. The normalized spacial score (nSPS) is 17.2. The zero-order chi connectivity index (χ0) is 21.0. The van der Waals surface area contributed by atoms with Crippen LogP contribution in [0.2, 0.25) is 0 Å². The largest absolute Gasteiger partial charge is 0.463 e. The summed E-state index contributed by atoms with van der Waals surface area (Å²) >= 11 is 0. The number of imide groups is 1. The third-order valence-electron chi connectivity index (χ3n) is 4.58. The van der Waals surface area contributed by atoms with E-state index < -0.39 is 23.6 Å². The van der Waals surface area contributed by atoms with Gasteiger partial charge in [-0.25, -0.2) is 9.18 Å². The van der Waals surface area contributed by atoms with Crippen LogP contribution >= 0.6 is 0 Å². The lowest BCUT2D eigenvalue weighted by atomic mass is 9.95. The topological polar surface area (TPSA) is 75.7 Å². The first-order chi connectivity index (χ1) is 13.9. The summed E-state index contributed by atoms with van der Waals surface area (Å²) in [5, 5.41) is 3.01. The molecule has 3 rings (SSSR count). The summed E-state index contributed by atoms with van der Waals surface area (Å²) in [6.07, 6.45) is -0.135. The van der Waals surface area contributed by atoms with Crippen molar-refractivity contribution >= 4 is 29.2 Å². The average Bonchev–Trinajstić information content (AvgIpc) is 2.98. The standard InChI is InChI=1S/C22H21FN2O4/c1-3-29-22(28)20(14(2)24-16-11-9-15(23)10-12-16)18-13-19(26)25(21(18)27)17-7-5-4-6-8-17/h4-12,18,24H,3,13H2,1-2H3/b20-14-/t18-/m0/s1. The molecular weight excluding hydrogens is 375 g/mol. The Bertz CT molecular complexity index is 955. The average molecular weight is 396 g/mol. The summed E-state index contributed by atoms with van der Waals surface area (Å²) in [6.45, 7) is 3.41. The highest BCUT2D eigenvalue weighted by atomic mass is 19.1. The smallest absolute Gasteiger partial charge is 0.336 e. The molecule has 0 radical (unpaired) electrons. The number of allylic oxidation sites excluding steroid dienone is 1. The number of anilines is 2. The lowest BCUT2D eigenvalue weighted by Crippen LogP contribution is -2.32. The van der Waals surface area contributed by atoms with Crippen LogP contribution in [-0.4, -0.2) is 24.4 Å². The van der Waals surface area contributed by atoms with Crippen LogP contribution in [0.4, 0.5) is 15.8 Å². The molecule has 1 fully saturated rings. The van der Waals surface area contributed by atoms with E-state index in [0.717, 1.165) is 4.90 Å². The summed E-state index contributed by atoms with van der Waals surface area (Å²) in [5.41, 5.74) is 1.46. The lowest BCUT2D eigenvalue weighted by molar-refractivity contribution is -0.140. The number of carbonyl (C=O) groups excluding carboxylic acids is 3. The van der Waals surface area contributed by atoms with Gasteiger partial charge >= 0.3 is 5.97 Å². The second kappa shape index (κ2) is 8.68. The Morgan fingerprint density at radius 2 is 1.79 bits per heavy atom. The van der Waals surface area contributed by atoms with Gasteiger partial charge in [0, 0.05) is 17.8 Å². The number of benzene rings is 2. The summed E-state index contributed by atoms with van der Waals surface area (Å²) in [6, 6.07) is 14.2.